The summed E-state index contributed by atoms with van der Waals surface area (Å²) in [6, 6.07) is 0. The van der Waals surface area contributed by atoms with Crippen molar-refractivity contribution in [2.24, 2.45) is 0 Å². The van der Waals surface area contributed by atoms with Crippen LogP contribution in [0.25, 0.3) is 0 Å². The minimum absolute atomic E-state index is 0.666. The molecule has 0 saturated carbocycles. The Labute approximate surface area is 103 Å². The van der Waals surface area contributed by atoms with Crippen molar-refractivity contribution >= 4 is 0 Å². The highest BCUT2D eigenvalue weighted by Crippen LogP contribution is 1.93. The van der Waals surface area contributed by atoms with E-state index in [4.69, 9.17) is 6.42 Å². The Bertz CT molecular complexity index is 352. The molecular weight excluding hydrogens is 214 g/mol. The molecule has 0 atom stereocenters. The number of aromatic nitrogens is 3. The standard InChI is InChI=1S/C12H21N5/c1-4-6-13-10-12-11-17(15-14-12)9-8-16(3)7-5-2/h2,11,13H,4,6-10H2,1,3H3. The van der Waals surface area contributed by atoms with Gasteiger partial charge >= 0.3 is 0 Å². The van der Waals surface area contributed by atoms with Crippen molar-refractivity contribution in [3.63, 3.8) is 0 Å². The summed E-state index contributed by atoms with van der Waals surface area (Å²) in [7, 11) is 2.00. The Morgan fingerprint density at radius 2 is 2.41 bits per heavy atom. The average molecular weight is 235 g/mol. The van der Waals surface area contributed by atoms with Crippen molar-refractivity contribution in [3.8, 4) is 12.3 Å². The Morgan fingerprint density at radius 1 is 1.59 bits per heavy atom. The molecule has 17 heavy (non-hydrogen) atoms. The second-order valence-corrected chi connectivity index (χ2v) is 4.09. The second-order valence-electron chi connectivity index (χ2n) is 4.09. The predicted octanol–water partition coefficient (Wildman–Crippen LogP) is 0.343. The van der Waals surface area contributed by atoms with Gasteiger partial charge in [-0.2, -0.15) is 0 Å². The van der Waals surface area contributed by atoms with Gasteiger partial charge in [-0.15, -0.1) is 11.5 Å². The highest BCUT2D eigenvalue weighted by atomic mass is 15.4. The third-order valence-corrected chi connectivity index (χ3v) is 2.39. The zero-order chi connectivity index (χ0) is 12.5. The maximum atomic E-state index is 5.24. The number of nitrogens with zero attached hydrogens (tertiary/aromatic N) is 4. The number of rotatable bonds is 8. The second kappa shape index (κ2) is 7.82. The summed E-state index contributed by atoms with van der Waals surface area (Å²) >= 11 is 0. The number of likely N-dealkylation sites (N-methyl/N-ethyl adjacent to an activating group) is 1. The Kier molecular flexibility index (Phi) is 6.30. The molecule has 0 fully saturated rings. The van der Waals surface area contributed by atoms with Gasteiger partial charge in [-0.05, 0) is 20.0 Å². The molecule has 0 radical (unpaired) electrons. The van der Waals surface area contributed by atoms with E-state index in [1.54, 1.807) is 0 Å². The van der Waals surface area contributed by atoms with E-state index >= 15 is 0 Å². The first kappa shape index (κ1) is 13.7. The summed E-state index contributed by atoms with van der Waals surface area (Å²) in [5.41, 5.74) is 0.984. The smallest absolute Gasteiger partial charge is 0.0964 e. The zero-order valence-electron chi connectivity index (χ0n) is 10.7. The third kappa shape index (κ3) is 5.48. The SMILES string of the molecule is C#CCN(C)CCn1cc(CNCCC)nn1. The summed E-state index contributed by atoms with van der Waals surface area (Å²) in [4.78, 5) is 2.08. The average Bonchev–Trinajstić information content (AvgIpc) is 2.75. The van der Waals surface area contributed by atoms with Crippen molar-refractivity contribution in [3.05, 3.63) is 11.9 Å². The normalized spacial score (nSPS) is 10.7. The van der Waals surface area contributed by atoms with E-state index in [-0.39, 0.29) is 0 Å². The van der Waals surface area contributed by atoms with Crippen molar-refractivity contribution < 1.29 is 0 Å². The maximum absolute atomic E-state index is 5.24. The van der Waals surface area contributed by atoms with Gasteiger partial charge in [0.2, 0.25) is 0 Å². The van der Waals surface area contributed by atoms with Gasteiger partial charge in [0.15, 0.2) is 0 Å². The van der Waals surface area contributed by atoms with Crippen LogP contribution in [0, 0.1) is 12.3 Å². The van der Waals surface area contributed by atoms with Crippen LogP contribution in [-0.2, 0) is 13.1 Å². The molecule has 1 N–H and O–H groups in total. The minimum atomic E-state index is 0.666. The highest BCUT2D eigenvalue weighted by Gasteiger charge is 2.01. The van der Waals surface area contributed by atoms with Gasteiger partial charge in [-0.3, -0.25) is 9.58 Å². The van der Waals surface area contributed by atoms with Crippen LogP contribution in [0.15, 0.2) is 6.20 Å². The van der Waals surface area contributed by atoms with Crippen molar-refractivity contribution in [2.45, 2.75) is 26.4 Å². The van der Waals surface area contributed by atoms with Crippen LogP contribution in [0.3, 0.4) is 0 Å². The fourth-order valence-electron chi connectivity index (χ4n) is 1.43. The summed E-state index contributed by atoms with van der Waals surface area (Å²) < 4.78 is 1.86. The van der Waals surface area contributed by atoms with Gasteiger partial charge in [0.25, 0.3) is 0 Å². The quantitative estimate of drug-likeness (QED) is 0.521. The summed E-state index contributed by atoms with van der Waals surface area (Å²) in [5.74, 6) is 2.61. The van der Waals surface area contributed by atoms with E-state index in [1.807, 2.05) is 17.9 Å². The maximum Gasteiger partial charge on any atom is 0.0964 e. The Morgan fingerprint density at radius 3 is 3.12 bits per heavy atom. The molecule has 1 aromatic rings. The number of hydrogen-bond donors (Lipinski definition) is 1. The molecule has 1 aromatic heterocycles. The molecule has 1 rings (SSSR count). The largest absolute Gasteiger partial charge is 0.311 e. The van der Waals surface area contributed by atoms with Crippen LogP contribution in [0.1, 0.15) is 19.0 Å². The molecule has 0 aliphatic heterocycles. The number of hydrogen-bond acceptors (Lipinski definition) is 4. The van der Waals surface area contributed by atoms with E-state index in [0.29, 0.717) is 6.54 Å². The Balaban J connectivity index is 2.28. The van der Waals surface area contributed by atoms with Crippen LogP contribution in [0.5, 0.6) is 0 Å². The van der Waals surface area contributed by atoms with E-state index in [2.05, 4.69) is 33.4 Å². The molecule has 0 saturated heterocycles. The van der Waals surface area contributed by atoms with E-state index in [0.717, 1.165) is 38.3 Å². The first-order chi connectivity index (χ1) is 8.26. The molecule has 0 unspecified atom stereocenters. The predicted molar refractivity (Wildman–Crippen MR) is 68.3 cm³/mol. The van der Waals surface area contributed by atoms with Crippen LogP contribution in [0.2, 0.25) is 0 Å². The fraction of sp³-hybridized carbons (Fsp3) is 0.667. The van der Waals surface area contributed by atoms with Crippen LogP contribution in [-0.4, -0.2) is 46.6 Å². The Hall–Kier alpha value is -1.38. The van der Waals surface area contributed by atoms with E-state index in [1.165, 1.54) is 0 Å². The minimum Gasteiger partial charge on any atom is -0.311 e. The lowest BCUT2D eigenvalue weighted by Crippen LogP contribution is -2.23. The summed E-state index contributed by atoms with van der Waals surface area (Å²) in [6.07, 6.45) is 8.34. The molecule has 5 nitrogen and oxygen atoms in total. The van der Waals surface area contributed by atoms with E-state index in [9.17, 15) is 0 Å². The van der Waals surface area contributed by atoms with Gasteiger partial charge in [-0.25, -0.2) is 0 Å². The molecule has 0 aromatic carbocycles. The molecule has 0 bridgehead atoms. The third-order valence-electron chi connectivity index (χ3n) is 2.39. The fourth-order valence-corrected chi connectivity index (χ4v) is 1.43. The lowest BCUT2D eigenvalue weighted by molar-refractivity contribution is 0.345. The molecule has 94 valence electrons. The summed E-state index contributed by atoms with van der Waals surface area (Å²) in [5, 5.41) is 11.5. The number of terminal acetylenes is 1. The van der Waals surface area contributed by atoms with Crippen LogP contribution < -0.4 is 5.32 Å². The van der Waals surface area contributed by atoms with E-state index < -0.39 is 0 Å². The highest BCUT2D eigenvalue weighted by molar-refractivity contribution is 4.91. The van der Waals surface area contributed by atoms with Gasteiger partial charge in [-0.1, -0.05) is 18.1 Å². The van der Waals surface area contributed by atoms with Crippen molar-refractivity contribution in [1.29, 1.82) is 0 Å². The topological polar surface area (TPSA) is 46.0 Å². The van der Waals surface area contributed by atoms with Gasteiger partial charge in [0.05, 0.1) is 18.8 Å². The summed E-state index contributed by atoms with van der Waals surface area (Å²) in [6.45, 7) is 6.31. The van der Waals surface area contributed by atoms with Gasteiger partial charge in [0, 0.05) is 19.3 Å². The van der Waals surface area contributed by atoms with Gasteiger partial charge in [0.1, 0.15) is 0 Å². The first-order valence-corrected chi connectivity index (χ1v) is 5.98. The molecule has 0 aliphatic rings. The lowest BCUT2D eigenvalue weighted by atomic mass is 10.4. The first-order valence-electron chi connectivity index (χ1n) is 5.98. The molecule has 0 amide bonds. The molecule has 0 aliphatic carbocycles. The number of nitrogens with one attached hydrogen (secondary N) is 1. The molecular formula is C12H21N5. The zero-order valence-corrected chi connectivity index (χ0v) is 10.7. The van der Waals surface area contributed by atoms with Crippen LogP contribution in [0.4, 0.5) is 0 Å². The molecule has 0 spiro atoms. The lowest BCUT2D eigenvalue weighted by Gasteiger charge is -2.11. The van der Waals surface area contributed by atoms with Crippen molar-refractivity contribution in [1.82, 2.24) is 25.2 Å². The molecule has 5 heteroatoms. The molecule has 1 heterocycles. The van der Waals surface area contributed by atoms with Crippen molar-refractivity contribution in [2.75, 3.05) is 26.7 Å². The van der Waals surface area contributed by atoms with Crippen LogP contribution >= 0.6 is 0 Å². The monoisotopic (exact) mass is 235 g/mol. The van der Waals surface area contributed by atoms with Gasteiger partial charge < -0.3 is 5.32 Å².